The third-order valence-corrected chi connectivity index (χ3v) is 5.34. The number of aromatic amines is 1. The lowest BCUT2D eigenvalue weighted by Gasteiger charge is -1.99. The van der Waals surface area contributed by atoms with E-state index in [-0.39, 0.29) is 17.5 Å². The second kappa shape index (κ2) is 8.32. The molecule has 2 aromatic heterocycles. The first-order valence-electron chi connectivity index (χ1n) is 8.29. The maximum Gasteiger partial charge on any atom is 0.236 e. The highest BCUT2D eigenvalue weighted by atomic mass is 32.2. The molecule has 0 atom stereocenters. The summed E-state index contributed by atoms with van der Waals surface area (Å²) in [4.78, 5) is 20.9. The molecule has 2 heterocycles. The number of H-pyrrole nitrogens is 1. The Hall–Kier alpha value is -3.04. The van der Waals surface area contributed by atoms with E-state index < -0.39 is 0 Å². The number of carbonyl (C=O) groups is 1. The molecule has 0 spiro atoms. The Kier molecular flexibility index (Phi) is 5.45. The molecular formula is C19H14FN5OS2. The Morgan fingerprint density at radius 1 is 1.07 bits per heavy atom. The van der Waals surface area contributed by atoms with Gasteiger partial charge in [-0.05, 0) is 24.3 Å². The lowest BCUT2D eigenvalue weighted by molar-refractivity contribution is -0.113. The van der Waals surface area contributed by atoms with Crippen molar-refractivity contribution in [3.63, 3.8) is 0 Å². The molecule has 0 radical (unpaired) electrons. The number of thiazole rings is 1. The third-order valence-electron chi connectivity index (χ3n) is 3.74. The van der Waals surface area contributed by atoms with Crippen molar-refractivity contribution in [1.82, 2.24) is 20.2 Å². The second-order valence-electron chi connectivity index (χ2n) is 5.71. The molecular weight excluding hydrogens is 397 g/mol. The molecule has 28 heavy (non-hydrogen) atoms. The van der Waals surface area contributed by atoms with Gasteiger partial charge >= 0.3 is 0 Å². The monoisotopic (exact) mass is 411 g/mol. The maximum absolute atomic E-state index is 13.0. The summed E-state index contributed by atoms with van der Waals surface area (Å²) >= 11 is 2.55. The van der Waals surface area contributed by atoms with Crippen LogP contribution in [-0.2, 0) is 4.79 Å². The molecule has 0 bridgehead atoms. The molecule has 0 fully saturated rings. The number of carbonyl (C=O) groups excluding carboxylic acids is 1. The first-order chi connectivity index (χ1) is 13.7. The van der Waals surface area contributed by atoms with Crippen LogP contribution in [0.1, 0.15) is 0 Å². The van der Waals surface area contributed by atoms with Crippen molar-refractivity contribution >= 4 is 34.1 Å². The van der Waals surface area contributed by atoms with Crippen molar-refractivity contribution in [2.24, 2.45) is 0 Å². The van der Waals surface area contributed by atoms with Crippen molar-refractivity contribution in [3.8, 4) is 22.6 Å². The van der Waals surface area contributed by atoms with Gasteiger partial charge in [0.25, 0.3) is 0 Å². The summed E-state index contributed by atoms with van der Waals surface area (Å²) in [7, 11) is 0. The number of benzene rings is 2. The number of thioether (sulfide) groups is 1. The van der Waals surface area contributed by atoms with Crippen LogP contribution in [0.15, 0.2) is 65.1 Å². The van der Waals surface area contributed by atoms with Crippen LogP contribution >= 0.6 is 23.1 Å². The summed E-state index contributed by atoms with van der Waals surface area (Å²) in [5.74, 6) is 0.327. The molecule has 0 saturated heterocycles. The van der Waals surface area contributed by atoms with E-state index in [2.05, 4.69) is 25.5 Å². The van der Waals surface area contributed by atoms with E-state index in [9.17, 15) is 9.18 Å². The predicted molar refractivity (Wildman–Crippen MR) is 109 cm³/mol. The molecule has 0 aliphatic carbocycles. The Morgan fingerprint density at radius 2 is 1.86 bits per heavy atom. The van der Waals surface area contributed by atoms with Gasteiger partial charge in [-0.15, -0.1) is 16.4 Å². The summed E-state index contributed by atoms with van der Waals surface area (Å²) in [6.45, 7) is 0. The molecule has 9 heteroatoms. The zero-order valence-electron chi connectivity index (χ0n) is 14.4. The zero-order chi connectivity index (χ0) is 19.3. The van der Waals surface area contributed by atoms with Crippen LogP contribution in [-0.4, -0.2) is 31.8 Å². The first kappa shape index (κ1) is 18.3. The Balaban J connectivity index is 1.33. The predicted octanol–water partition coefficient (Wildman–Crippen LogP) is 4.47. The van der Waals surface area contributed by atoms with Gasteiger partial charge in [0.1, 0.15) is 5.82 Å². The topological polar surface area (TPSA) is 83.6 Å². The highest BCUT2D eigenvalue weighted by Crippen LogP contribution is 2.25. The van der Waals surface area contributed by atoms with Gasteiger partial charge in [-0.25, -0.2) is 14.4 Å². The van der Waals surface area contributed by atoms with Gasteiger partial charge in [0.15, 0.2) is 11.0 Å². The molecule has 6 nitrogen and oxygen atoms in total. The van der Waals surface area contributed by atoms with E-state index >= 15 is 0 Å². The average molecular weight is 411 g/mol. The van der Waals surface area contributed by atoms with Crippen LogP contribution in [0, 0.1) is 5.82 Å². The number of hydrogen-bond acceptors (Lipinski definition) is 6. The Labute approximate surface area is 168 Å². The highest BCUT2D eigenvalue weighted by Gasteiger charge is 2.11. The van der Waals surface area contributed by atoms with Gasteiger partial charge in [0.05, 0.1) is 11.4 Å². The maximum atomic E-state index is 13.0. The highest BCUT2D eigenvalue weighted by molar-refractivity contribution is 7.99. The Morgan fingerprint density at radius 3 is 2.64 bits per heavy atom. The van der Waals surface area contributed by atoms with Crippen molar-refractivity contribution < 1.29 is 9.18 Å². The number of aromatic nitrogens is 4. The third kappa shape index (κ3) is 4.44. The Bertz CT molecular complexity index is 1080. The average Bonchev–Trinajstić information content (AvgIpc) is 3.37. The second-order valence-corrected chi connectivity index (χ2v) is 7.51. The number of hydrogen-bond donors (Lipinski definition) is 2. The number of halogens is 1. The molecule has 0 unspecified atom stereocenters. The van der Waals surface area contributed by atoms with Crippen molar-refractivity contribution in [2.45, 2.75) is 5.16 Å². The number of amides is 1. The molecule has 0 aliphatic rings. The lowest BCUT2D eigenvalue weighted by Crippen LogP contribution is -2.13. The van der Waals surface area contributed by atoms with E-state index in [1.54, 1.807) is 12.1 Å². The van der Waals surface area contributed by atoms with E-state index in [1.807, 2.05) is 35.7 Å². The number of rotatable bonds is 6. The molecule has 2 N–H and O–H groups in total. The summed E-state index contributed by atoms with van der Waals surface area (Å²) in [6, 6.07) is 15.7. The van der Waals surface area contributed by atoms with Crippen LogP contribution in [0.2, 0.25) is 0 Å². The smallest absolute Gasteiger partial charge is 0.236 e. The minimum absolute atomic E-state index is 0.164. The van der Waals surface area contributed by atoms with Gasteiger partial charge < -0.3 is 5.32 Å². The van der Waals surface area contributed by atoms with Crippen LogP contribution in [0.3, 0.4) is 0 Å². The zero-order valence-corrected chi connectivity index (χ0v) is 16.1. The van der Waals surface area contributed by atoms with Crippen LogP contribution in [0.25, 0.3) is 22.6 Å². The molecule has 4 aromatic rings. The molecule has 1 amide bonds. The van der Waals surface area contributed by atoms with E-state index in [1.165, 1.54) is 35.2 Å². The quantitative estimate of drug-likeness (QED) is 0.458. The number of nitrogens with zero attached hydrogens (tertiary/aromatic N) is 3. The van der Waals surface area contributed by atoms with Crippen molar-refractivity contribution in [1.29, 1.82) is 0 Å². The molecule has 0 saturated carbocycles. The lowest BCUT2D eigenvalue weighted by atomic mass is 10.2. The normalized spacial score (nSPS) is 10.8. The van der Waals surface area contributed by atoms with Gasteiger partial charge in [-0.1, -0.05) is 42.1 Å². The molecule has 0 aliphatic heterocycles. The largest absolute Gasteiger partial charge is 0.301 e. The summed E-state index contributed by atoms with van der Waals surface area (Å²) < 4.78 is 13.0. The van der Waals surface area contributed by atoms with Crippen molar-refractivity contribution in [3.05, 3.63) is 65.8 Å². The molecule has 140 valence electrons. The van der Waals surface area contributed by atoms with Crippen LogP contribution in [0.4, 0.5) is 9.52 Å². The summed E-state index contributed by atoms with van der Waals surface area (Å²) in [6.07, 6.45) is 0. The molecule has 2 aromatic carbocycles. The fourth-order valence-electron chi connectivity index (χ4n) is 2.41. The van der Waals surface area contributed by atoms with Crippen LogP contribution < -0.4 is 5.32 Å². The van der Waals surface area contributed by atoms with Gasteiger partial charge in [-0.3, -0.25) is 9.89 Å². The summed E-state index contributed by atoms with van der Waals surface area (Å²) in [5, 5.41) is 12.6. The molecule has 4 rings (SSSR count). The van der Waals surface area contributed by atoms with Gasteiger partial charge in [0.2, 0.25) is 11.1 Å². The fourth-order valence-corrected chi connectivity index (χ4v) is 3.74. The fraction of sp³-hybridized carbons (Fsp3) is 0.0526. The summed E-state index contributed by atoms with van der Waals surface area (Å²) in [5.41, 5.74) is 2.42. The van der Waals surface area contributed by atoms with Gasteiger partial charge in [0, 0.05) is 16.5 Å². The van der Waals surface area contributed by atoms with E-state index in [0.29, 0.717) is 21.8 Å². The first-order valence-corrected chi connectivity index (χ1v) is 10.2. The van der Waals surface area contributed by atoms with Crippen molar-refractivity contribution in [2.75, 3.05) is 11.1 Å². The van der Waals surface area contributed by atoms with E-state index in [4.69, 9.17) is 0 Å². The number of anilines is 1. The van der Waals surface area contributed by atoms with Crippen LogP contribution in [0.5, 0.6) is 0 Å². The van der Waals surface area contributed by atoms with Gasteiger partial charge in [-0.2, -0.15) is 0 Å². The SMILES string of the molecule is O=C(CSc1n[nH]c(-c2ccccc2)n1)Nc1nc(-c2ccc(F)cc2)cs1. The number of nitrogens with one attached hydrogen (secondary N) is 2. The minimum Gasteiger partial charge on any atom is -0.301 e. The standard InChI is InChI=1S/C19H14FN5OS2/c20-14-8-6-12(7-9-14)15-10-27-18(21-15)22-16(26)11-28-19-23-17(24-25-19)13-4-2-1-3-5-13/h1-10H,11H2,(H,21,22,26)(H,23,24,25). The van der Waals surface area contributed by atoms with E-state index in [0.717, 1.165) is 11.1 Å². The minimum atomic E-state index is -0.299.